The van der Waals surface area contributed by atoms with Crippen LogP contribution in [-0.2, 0) is 4.74 Å². The van der Waals surface area contributed by atoms with Crippen molar-refractivity contribution in [3.63, 3.8) is 0 Å². The first-order chi connectivity index (χ1) is 11.2. The molecule has 0 aromatic heterocycles. The lowest BCUT2D eigenvalue weighted by atomic mass is 10.1. The summed E-state index contributed by atoms with van der Waals surface area (Å²) in [6, 6.07) is 13.2. The maximum absolute atomic E-state index is 13.0. The zero-order chi connectivity index (χ0) is 16.2. The van der Waals surface area contributed by atoms with Crippen molar-refractivity contribution < 1.29 is 18.7 Å². The molecule has 0 radical (unpaired) electrons. The van der Waals surface area contributed by atoms with Crippen LogP contribution in [0.25, 0.3) is 0 Å². The Kier molecular flexibility index (Phi) is 4.57. The van der Waals surface area contributed by atoms with E-state index in [1.54, 1.807) is 48.4 Å². The van der Waals surface area contributed by atoms with Gasteiger partial charge in [0.05, 0.1) is 20.3 Å². The van der Waals surface area contributed by atoms with Gasteiger partial charge in [-0.25, -0.2) is 4.39 Å². The van der Waals surface area contributed by atoms with E-state index in [1.807, 2.05) is 0 Å². The molecule has 0 spiro atoms. The second kappa shape index (κ2) is 6.79. The smallest absolute Gasteiger partial charge is 0.254 e. The third kappa shape index (κ3) is 3.51. The Morgan fingerprint density at radius 2 is 1.87 bits per heavy atom. The average molecular weight is 315 g/mol. The third-order valence-electron chi connectivity index (χ3n) is 3.93. The molecule has 1 amide bonds. The number of carbonyl (C=O) groups is 1. The Labute approximate surface area is 134 Å². The summed E-state index contributed by atoms with van der Waals surface area (Å²) in [6.07, 6.45) is -0.230. The van der Waals surface area contributed by atoms with Gasteiger partial charge in [-0.1, -0.05) is 12.1 Å². The SMILES string of the molecule is COc1ccc(C(=O)N2CCOC(c3ccc(F)cc3)C2)cc1. The third-order valence-corrected chi connectivity index (χ3v) is 3.93. The van der Waals surface area contributed by atoms with E-state index in [4.69, 9.17) is 9.47 Å². The zero-order valence-corrected chi connectivity index (χ0v) is 12.9. The predicted octanol–water partition coefficient (Wildman–Crippen LogP) is 3.05. The predicted molar refractivity (Wildman–Crippen MR) is 84.0 cm³/mol. The Hall–Kier alpha value is -2.40. The van der Waals surface area contributed by atoms with Gasteiger partial charge in [0.2, 0.25) is 0 Å². The summed E-state index contributed by atoms with van der Waals surface area (Å²) in [6.45, 7) is 1.46. The van der Waals surface area contributed by atoms with E-state index in [-0.39, 0.29) is 17.8 Å². The van der Waals surface area contributed by atoms with Gasteiger partial charge in [0.1, 0.15) is 17.7 Å². The molecule has 5 heteroatoms. The summed E-state index contributed by atoms with van der Waals surface area (Å²) < 4.78 is 23.9. The van der Waals surface area contributed by atoms with Gasteiger partial charge in [-0.05, 0) is 42.0 Å². The van der Waals surface area contributed by atoms with Crippen LogP contribution in [0.1, 0.15) is 22.0 Å². The van der Waals surface area contributed by atoms with Crippen molar-refractivity contribution in [1.82, 2.24) is 4.90 Å². The summed E-state index contributed by atoms with van der Waals surface area (Å²) in [4.78, 5) is 14.4. The Morgan fingerprint density at radius 3 is 2.52 bits per heavy atom. The van der Waals surface area contributed by atoms with Crippen LogP contribution in [0, 0.1) is 5.82 Å². The molecule has 1 aliphatic rings. The Morgan fingerprint density at radius 1 is 1.17 bits per heavy atom. The fourth-order valence-electron chi connectivity index (χ4n) is 2.63. The van der Waals surface area contributed by atoms with E-state index in [2.05, 4.69) is 0 Å². The largest absolute Gasteiger partial charge is 0.497 e. The maximum Gasteiger partial charge on any atom is 0.254 e. The molecule has 1 unspecified atom stereocenters. The van der Waals surface area contributed by atoms with Crippen LogP contribution >= 0.6 is 0 Å². The van der Waals surface area contributed by atoms with Crippen molar-refractivity contribution in [3.8, 4) is 5.75 Å². The summed E-state index contributed by atoms with van der Waals surface area (Å²) in [7, 11) is 1.59. The van der Waals surface area contributed by atoms with Crippen LogP contribution in [0.4, 0.5) is 4.39 Å². The van der Waals surface area contributed by atoms with E-state index in [0.717, 1.165) is 5.56 Å². The number of hydrogen-bond acceptors (Lipinski definition) is 3. The monoisotopic (exact) mass is 315 g/mol. The number of halogens is 1. The second-order valence-electron chi connectivity index (χ2n) is 5.39. The normalized spacial score (nSPS) is 17.8. The number of hydrogen-bond donors (Lipinski definition) is 0. The average Bonchev–Trinajstić information content (AvgIpc) is 2.62. The molecule has 1 fully saturated rings. The first kappa shape index (κ1) is 15.5. The number of nitrogens with zero attached hydrogens (tertiary/aromatic N) is 1. The topological polar surface area (TPSA) is 38.8 Å². The molecular formula is C18H18FNO3. The number of rotatable bonds is 3. The molecule has 1 saturated heterocycles. The van der Waals surface area contributed by atoms with Gasteiger partial charge in [0.25, 0.3) is 5.91 Å². The zero-order valence-electron chi connectivity index (χ0n) is 12.9. The molecule has 2 aromatic rings. The van der Waals surface area contributed by atoms with Gasteiger partial charge in [-0.15, -0.1) is 0 Å². The van der Waals surface area contributed by atoms with Crippen molar-refractivity contribution >= 4 is 5.91 Å². The number of amides is 1. The number of morpholine rings is 1. The first-order valence-corrected chi connectivity index (χ1v) is 7.48. The second-order valence-corrected chi connectivity index (χ2v) is 5.39. The molecule has 3 rings (SSSR count). The Balaban J connectivity index is 1.72. The van der Waals surface area contributed by atoms with Crippen LogP contribution in [-0.4, -0.2) is 37.6 Å². The van der Waals surface area contributed by atoms with E-state index >= 15 is 0 Å². The minimum Gasteiger partial charge on any atom is -0.497 e. The molecule has 0 aliphatic carbocycles. The van der Waals surface area contributed by atoms with Crippen LogP contribution in [0.15, 0.2) is 48.5 Å². The van der Waals surface area contributed by atoms with Crippen molar-refractivity contribution in [2.45, 2.75) is 6.10 Å². The first-order valence-electron chi connectivity index (χ1n) is 7.48. The molecule has 1 heterocycles. The molecule has 23 heavy (non-hydrogen) atoms. The summed E-state index contributed by atoms with van der Waals surface area (Å²) in [5, 5.41) is 0. The van der Waals surface area contributed by atoms with Gasteiger partial charge in [-0.3, -0.25) is 4.79 Å². The van der Waals surface area contributed by atoms with Gasteiger partial charge >= 0.3 is 0 Å². The fraction of sp³-hybridized carbons (Fsp3) is 0.278. The fourth-order valence-corrected chi connectivity index (χ4v) is 2.63. The quantitative estimate of drug-likeness (QED) is 0.874. The highest BCUT2D eigenvalue weighted by atomic mass is 19.1. The number of methoxy groups -OCH3 is 1. The molecule has 0 bridgehead atoms. The van der Waals surface area contributed by atoms with Crippen LogP contribution in [0.2, 0.25) is 0 Å². The minimum absolute atomic E-state index is 0.0388. The number of carbonyl (C=O) groups excluding carboxylic acids is 1. The molecule has 0 N–H and O–H groups in total. The van der Waals surface area contributed by atoms with Gasteiger partial charge in [0, 0.05) is 12.1 Å². The van der Waals surface area contributed by atoms with Crippen LogP contribution < -0.4 is 4.74 Å². The Bertz CT molecular complexity index is 670. The molecule has 1 aliphatic heterocycles. The van der Waals surface area contributed by atoms with Gasteiger partial charge in [0.15, 0.2) is 0 Å². The van der Waals surface area contributed by atoms with E-state index in [9.17, 15) is 9.18 Å². The molecule has 0 saturated carbocycles. The van der Waals surface area contributed by atoms with Crippen molar-refractivity contribution in [1.29, 1.82) is 0 Å². The highest BCUT2D eigenvalue weighted by Crippen LogP contribution is 2.24. The summed E-state index contributed by atoms with van der Waals surface area (Å²) in [5.74, 6) is 0.395. The molecule has 1 atom stereocenters. The summed E-state index contributed by atoms with van der Waals surface area (Å²) >= 11 is 0. The number of benzene rings is 2. The molecule has 4 nitrogen and oxygen atoms in total. The van der Waals surface area contributed by atoms with E-state index < -0.39 is 0 Å². The molecular weight excluding hydrogens is 297 g/mol. The van der Waals surface area contributed by atoms with Crippen molar-refractivity contribution in [2.75, 3.05) is 26.8 Å². The minimum atomic E-state index is -0.282. The summed E-state index contributed by atoms with van der Waals surface area (Å²) in [5.41, 5.74) is 1.49. The van der Waals surface area contributed by atoms with Crippen LogP contribution in [0.5, 0.6) is 5.75 Å². The number of ether oxygens (including phenoxy) is 2. The lowest BCUT2D eigenvalue weighted by molar-refractivity contribution is -0.0228. The highest BCUT2D eigenvalue weighted by Gasteiger charge is 2.26. The van der Waals surface area contributed by atoms with E-state index in [0.29, 0.717) is 31.0 Å². The van der Waals surface area contributed by atoms with Crippen molar-refractivity contribution in [2.24, 2.45) is 0 Å². The van der Waals surface area contributed by atoms with Gasteiger partial charge in [-0.2, -0.15) is 0 Å². The van der Waals surface area contributed by atoms with Crippen LogP contribution in [0.3, 0.4) is 0 Å². The molecule has 2 aromatic carbocycles. The van der Waals surface area contributed by atoms with Gasteiger partial charge < -0.3 is 14.4 Å². The standard InChI is InChI=1S/C18H18FNO3/c1-22-16-8-4-14(5-9-16)18(21)20-10-11-23-17(12-20)13-2-6-15(19)7-3-13/h2-9,17H,10-12H2,1H3. The lowest BCUT2D eigenvalue weighted by Crippen LogP contribution is -2.42. The van der Waals surface area contributed by atoms with E-state index in [1.165, 1.54) is 12.1 Å². The highest BCUT2D eigenvalue weighted by molar-refractivity contribution is 5.94. The molecule has 120 valence electrons. The van der Waals surface area contributed by atoms with Crippen molar-refractivity contribution in [3.05, 3.63) is 65.5 Å². The lowest BCUT2D eigenvalue weighted by Gasteiger charge is -2.33. The maximum atomic E-state index is 13.0.